The Morgan fingerprint density at radius 3 is 2.57 bits per heavy atom. The van der Waals surface area contributed by atoms with Crippen molar-refractivity contribution in [2.75, 3.05) is 18.7 Å². The molecule has 0 fully saturated rings. The maximum absolute atomic E-state index is 6.10. The van der Waals surface area contributed by atoms with Crippen molar-refractivity contribution >= 4 is 21.6 Å². The number of benzene rings is 3. The number of ether oxygens (including phenoxy) is 4. The summed E-state index contributed by atoms with van der Waals surface area (Å²) in [4.78, 5) is 0. The summed E-state index contributed by atoms with van der Waals surface area (Å²) in [6, 6.07) is 18.0. The summed E-state index contributed by atoms with van der Waals surface area (Å²) in [5.74, 6) is 2.99. The van der Waals surface area contributed by atoms with Gasteiger partial charge in [-0.1, -0.05) is 40.2 Å². The van der Waals surface area contributed by atoms with Gasteiger partial charge in [0.05, 0.1) is 6.61 Å². The van der Waals surface area contributed by atoms with Crippen molar-refractivity contribution in [2.24, 2.45) is 0 Å². The Hall–Kier alpha value is -2.86. The molecule has 1 heterocycles. The molecule has 1 aliphatic rings. The van der Waals surface area contributed by atoms with Gasteiger partial charge in [-0.15, -0.1) is 0 Å². The standard InChI is InChI=1S/C24H24BrNO4/c1-3-27-22-10-18(13-26-19-8-9-21-23(11-19)30-15-29-21)20(25)12-24(22)28-14-17-7-5-4-6-16(17)2/h4-12,26H,3,13-15H2,1-2H3. The highest BCUT2D eigenvalue weighted by molar-refractivity contribution is 9.10. The minimum absolute atomic E-state index is 0.270. The first-order valence-corrected chi connectivity index (χ1v) is 10.7. The third kappa shape index (κ3) is 4.65. The molecular weight excluding hydrogens is 446 g/mol. The first-order chi connectivity index (χ1) is 14.6. The summed E-state index contributed by atoms with van der Waals surface area (Å²) in [6.07, 6.45) is 0. The summed E-state index contributed by atoms with van der Waals surface area (Å²) in [6.45, 7) is 6.01. The fraction of sp³-hybridized carbons (Fsp3) is 0.250. The van der Waals surface area contributed by atoms with Crippen LogP contribution in [0.15, 0.2) is 59.1 Å². The average molecular weight is 470 g/mol. The highest BCUT2D eigenvalue weighted by Crippen LogP contribution is 2.36. The molecule has 0 aliphatic carbocycles. The van der Waals surface area contributed by atoms with Crippen molar-refractivity contribution < 1.29 is 18.9 Å². The number of anilines is 1. The largest absolute Gasteiger partial charge is 0.490 e. The van der Waals surface area contributed by atoms with Gasteiger partial charge in [0.25, 0.3) is 0 Å². The van der Waals surface area contributed by atoms with Crippen molar-refractivity contribution in [3.8, 4) is 23.0 Å². The molecule has 6 heteroatoms. The second-order valence-corrected chi connectivity index (χ2v) is 7.81. The highest BCUT2D eigenvalue weighted by Gasteiger charge is 2.15. The quantitative estimate of drug-likeness (QED) is 0.433. The van der Waals surface area contributed by atoms with Crippen molar-refractivity contribution in [2.45, 2.75) is 27.0 Å². The van der Waals surface area contributed by atoms with Crippen LogP contribution < -0.4 is 24.3 Å². The van der Waals surface area contributed by atoms with Crippen LogP contribution in [0.1, 0.15) is 23.6 Å². The van der Waals surface area contributed by atoms with Crippen LogP contribution >= 0.6 is 15.9 Å². The summed E-state index contributed by atoms with van der Waals surface area (Å²) in [7, 11) is 0. The highest BCUT2D eigenvalue weighted by atomic mass is 79.9. The molecule has 0 bridgehead atoms. The molecule has 0 spiro atoms. The topological polar surface area (TPSA) is 49.0 Å². The van der Waals surface area contributed by atoms with Crippen LogP contribution in [-0.4, -0.2) is 13.4 Å². The zero-order chi connectivity index (χ0) is 20.9. The van der Waals surface area contributed by atoms with Crippen molar-refractivity contribution in [3.05, 3.63) is 75.8 Å². The molecule has 0 unspecified atom stereocenters. The number of nitrogens with one attached hydrogen (secondary N) is 1. The minimum Gasteiger partial charge on any atom is -0.490 e. The molecule has 0 atom stereocenters. The van der Waals surface area contributed by atoms with E-state index in [9.17, 15) is 0 Å². The van der Waals surface area contributed by atoms with Crippen LogP contribution in [0.4, 0.5) is 5.69 Å². The lowest BCUT2D eigenvalue weighted by molar-refractivity contribution is 0.174. The fourth-order valence-corrected chi connectivity index (χ4v) is 3.69. The maximum atomic E-state index is 6.10. The van der Waals surface area contributed by atoms with Gasteiger partial charge < -0.3 is 24.3 Å². The minimum atomic E-state index is 0.270. The van der Waals surface area contributed by atoms with E-state index in [0.717, 1.165) is 44.3 Å². The summed E-state index contributed by atoms with van der Waals surface area (Å²) in [5, 5.41) is 3.42. The van der Waals surface area contributed by atoms with E-state index in [2.05, 4.69) is 40.3 Å². The van der Waals surface area contributed by atoms with E-state index >= 15 is 0 Å². The van der Waals surface area contributed by atoms with E-state index in [1.54, 1.807) is 0 Å². The Kier molecular flexibility index (Phi) is 6.33. The van der Waals surface area contributed by atoms with Gasteiger partial charge in [-0.25, -0.2) is 0 Å². The van der Waals surface area contributed by atoms with E-state index < -0.39 is 0 Å². The van der Waals surface area contributed by atoms with Crippen LogP contribution in [0.3, 0.4) is 0 Å². The van der Waals surface area contributed by atoms with Crippen molar-refractivity contribution in [1.29, 1.82) is 0 Å². The lowest BCUT2D eigenvalue weighted by Gasteiger charge is -2.16. The number of hydrogen-bond donors (Lipinski definition) is 1. The van der Waals surface area contributed by atoms with E-state index in [-0.39, 0.29) is 6.79 Å². The summed E-state index contributed by atoms with van der Waals surface area (Å²) < 4.78 is 23.7. The van der Waals surface area contributed by atoms with Gasteiger partial charge in [0, 0.05) is 22.8 Å². The Morgan fingerprint density at radius 2 is 1.73 bits per heavy atom. The smallest absolute Gasteiger partial charge is 0.231 e. The maximum Gasteiger partial charge on any atom is 0.231 e. The SMILES string of the molecule is CCOc1cc(CNc2ccc3c(c2)OCO3)c(Br)cc1OCc1ccccc1C. The molecule has 0 saturated heterocycles. The Balaban J connectivity index is 1.48. The molecule has 3 aromatic rings. The third-order valence-electron chi connectivity index (χ3n) is 4.91. The van der Waals surface area contributed by atoms with Gasteiger partial charge in [-0.3, -0.25) is 0 Å². The summed E-state index contributed by atoms with van der Waals surface area (Å²) in [5.41, 5.74) is 4.40. The molecule has 3 aromatic carbocycles. The first kappa shape index (κ1) is 20.4. The lowest BCUT2D eigenvalue weighted by atomic mass is 10.1. The first-order valence-electron chi connectivity index (χ1n) is 9.90. The molecule has 30 heavy (non-hydrogen) atoms. The lowest BCUT2D eigenvalue weighted by Crippen LogP contribution is -2.04. The number of rotatable bonds is 8. The van der Waals surface area contributed by atoms with Crippen molar-refractivity contribution in [3.63, 3.8) is 0 Å². The van der Waals surface area contributed by atoms with Gasteiger partial charge in [-0.05, 0) is 54.8 Å². The third-order valence-corrected chi connectivity index (χ3v) is 5.65. The number of hydrogen-bond acceptors (Lipinski definition) is 5. The van der Waals surface area contributed by atoms with E-state index in [0.29, 0.717) is 19.8 Å². The molecule has 1 aliphatic heterocycles. The molecule has 156 valence electrons. The Morgan fingerprint density at radius 1 is 0.933 bits per heavy atom. The average Bonchev–Trinajstić information content (AvgIpc) is 3.22. The van der Waals surface area contributed by atoms with Gasteiger partial charge in [0.15, 0.2) is 23.0 Å². The van der Waals surface area contributed by atoms with Gasteiger partial charge >= 0.3 is 0 Å². The van der Waals surface area contributed by atoms with Crippen LogP contribution in [0.25, 0.3) is 0 Å². The Bertz CT molecular complexity index is 1040. The van der Waals surface area contributed by atoms with Gasteiger partial charge in [0.1, 0.15) is 6.61 Å². The number of halogens is 1. The van der Waals surface area contributed by atoms with Crippen LogP contribution in [-0.2, 0) is 13.2 Å². The number of fused-ring (bicyclic) bond motifs is 1. The van der Waals surface area contributed by atoms with Gasteiger partial charge in [0.2, 0.25) is 6.79 Å². The zero-order valence-electron chi connectivity index (χ0n) is 17.0. The fourth-order valence-electron chi connectivity index (χ4n) is 3.23. The Labute approximate surface area is 185 Å². The molecular formula is C24H24BrNO4. The second-order valence-electron chi connectivity index (χ2n) is 6.96. The monoisotopic (exact) mass is 469 g/mol. The van der Waals surface area contributed by atoms with E-state index in [4.69, 9.17) is 18.9 Å². The van der Waals surface area contributed by atoms with Crippen LogP contribution in [0.2, 0.25) is 0 Å². The van der Waals surface area contributed by atoms with Crippen LogP contribution in [0.5, 0.6) is 23.0 Å². The molecule has 0 amide bonds. The zero-order valence-corrected chi connectivity index (χ0v) is 18.6. The molecule has 5 nitrogen and oxygen atoms in total. The van der Waals surface area contributed by atoms with Gasteiger partial charge in [-0.2, -0.15) is 0 Å². The normalized spacial score (nSPS) is 12.0. The molecule has 4 rings (SSSR count). The number of aryl methyl sites for hydroxylation is 1. The molecule has 0 saturated carbocycles. The molecule has 0 aromatic heterocycles. The summed E-state index contributed by atoms with van der Waals surface area (Å²) >= 11 is 3.68. The van der Waals surface area contributed by atoms with E-state index in [1.807, 2.05) is 49.4 Å². The van der Waals surface area contributed by atoms with E-state index in [1.165, 1.54) is 5.56 Å². The predicted molar refractivity (Wildman–Crippen MR) is 121 cm³/mol. The predicted octanol–water partition coefficient (Wildman–Crippen LogP) is 6.08. The molecule has 1 N–H and O–H groups in total. The van der Waals surface area contributed by atoms with Crippen LogP contribution in [0, 0.1) is 6.92 Å². The van der Waals surface area contributed by atoms with Crippen molar-refractivity contribution in [1.82, 2.24) is 0 Å². The second kappa shape index (κ2) is 9.30. The molecule has 0 radical (unpaired) electrons.